The molecule has 0 bridgehead atoms. The van der Waals surface area contributed by atoms with Gasteiger partial charge in [0.05, 0.1) is 25.4 Å². The molecular weight excluding hydrogens is 379 g/mol. The van der Waals surface area contributed by atoms with E-state index in [-0.39, 0.29) is 11.9 Å². The Morgan fingerprint density at radius 3 is 2.95 bits per heavy atom. The van der Waals surface area contributed by atoms with Gasteiger partial charge in [-0.15, -0.1) is 0 Å². The fourth-order valence-corrected chi connectivity index (χ4v) is 3.27. The minimum atomic E-state index is -0.802. The smallest absolute Gasteiger partial charge is 0.381 e. The van der Waals surface area contributed by atoms with E-state index in [0.717, 1.165) is 0 Å². The third-order valence-electron chi connectivity index (χ3n) is 3.42. The molecule has 1 fully saturated rings. The Kier molecular flexibility index (Phi) is 4.62. The van der Waals surface area contributed by atoms with E-state index in [1.54, 1.807) is 18.4 Å². The molecule has 3 unspecified atom stereocenters. The summed E-state index contributed by atoms with van der Waals surface area (Å²) in [6.07, 6.45) is 0.625. The van der Waals surface area contributed by atoms with Gasteiger partial charge in [0, 0.05) is 13.5 Å². The third-order valence-corrected chi connectivity index (χ3v) is 5.60. The summed E-state index contributed by atoms with van der Waals surface area (Å²) in [5, 5.41) is 24.4. The molecule has 0 aromatic carbocycles. The van der Waals surface area contributed by atoms with Crippen molar-refractivity contribution in [2.75, 3.05) is 19.8 Å². The minimum Gasteiger partial charge on any atom is -0.390 e. The Morgan fingerprint density at radius 1 is 1.80 bits per heavy atom. The number of imidazole rings is 1. The largest absolute Gasteiger partial charge is 0.390 e. The second-order valence-corrected chi connectivity index (χ2v) is 6.49. The summed E-state index contributed by atoms with van der Waals surface area (Å²) in [5.74, 6) is 0.264. The van der Waals surface area contributed by atoms with Crippen molar-refractivity contribution in [2.45, 2.75) is 29.5 Å². The van der Waals surface area contributed by atoms with Gasteiger partial charge in [0.15, 0.2) is 0 Å². The quantitative estimate of drug-likeness (QED) is 0.334. The van der Waals surface area contributed by atoms with Gasteiger partial charge in [0.1, 0.15) is 9.74 Å². The first-order chi connectivity index (χ1) is 9.37. The number of rotatable bonds is 4. The van der Waals surface area contributed by atoms with Crippen LogP contribution in [0.15, 0.2) is 6.20 Å². The molecule has 0 radical (unpaired) electrons. The zero-order valence-electron chi connectivity index (χ0n) is 11.2. The van der Waals surface area contributed by atoms with Crippen molar-refractivity contribution < 1.29 is 14.8 Å². The average molecular weight is 396 g/mol. The van der Waals surface area contributed by atoms with E-state index < -0.39 is 14.6 Å². The number of aryl methyl sites for hydroxylation is 1. The lowest BCUT2D eigenvalue weighted by molar-refractivity contribution is -0.389. The van der Waals surface area contributed by atoms with Gasteiger partial charge < -0.3 is 25.3 Å². The number of ether oxygens (including phenoxy) is 1. The molecule has 1 saturated heterocycles. The first-order valence-corrected chi connectivity index (χ1v) is 7.34. The van der Waals surface area contributed by atoms with Gasteiger partial charge in [-0.2, -0.15) is 0 Å². The summed E-state index contributed by atoms with van der Waals surface area (Å²) in [6.45, 7) is 5.07. The molecule has 8 nitrogen and oxygen atoms in total. The molecule has 0 amide bonds. The van der Waals surface area contributed by atoms with Crippen LogP contribution in [0.2, 0.25) is 0 Å². The normalized spacial score (nSPS) is 24.1. The average Bonchev–Trinajstić information content (AvgIpc) is 2.81. The van der Waals surface area contributed by atoms with Crippen LogP contribution >= 0.6 is 22.6 Å². The molecule has 3 atom stereocenters. The molecule has 9 heteroatoms. The van der Waals surface area contributed by atoms with E-state index in [1.807, 2.05) is 0 Å². The van der Waals surface area contributed by atoms with Crippen LogP contribution in [0, 0.1) is 17.0 Å². The lowest BCUT2D eigenvalue weighted by Crippen LogP contribution is -2.59. The molecule has 2 N–H and O–H groups in total. The number of aliphatic hydroxyl groups is 1. The number of halogens is 1. The lowest BCUT2D eigenvalue weighted by atomic mass is 10.0. The van der Waals surface area contributed by atoms with E-state index in [4.69, 9.17) is 4.74 Å². The fourth-order valence-electron chi connectivity index (χ4n) is 2.38. The summed E-state index contributed by atoms with van der Waals surface area (Å²) in [5.41, 5.74) is 0. The summed E-state index contributed by atoms with van der Waals surface area (Å²) in [4.78, 5) is 14.3. The molecule has 0 spiro atoms. The molecule has 0 saturated carbocycles. The van der Waals surface area contributed by atoms with Crippen molar-refractivity contribution in [3.63, 3.8) is 0 Å². The van der Waals surface area contributed by atoms with Crippen molar-refractivity contribution in [3.8, 4) is 0 Å². The second kappa shape index (κ2) is 5.92. The summed E-state index contributed by atoms with van der Waals surface area (Å²) in [7, 11) is 0. The van der Waals surface area contributed by atoms with Crippen molar-refractivity contribution in [2.24, 2.45) is 0 Å². The van der Waals surface area contributed by atoms with Gasteiger partial charge in [0.25, 0.3) is 0 Å². The molecule has 1 aliphatic heterocycles. The fraction of sp³-hybridized carbons (Fsp3) is 0.727. The topological polar surface area (TPSA) is 102 Å². The predicted molar refractivity (Wildman–Crippen MR) is 79.9 cm³/mol. The van der Waals surface area contributed by atoms with E-state index >= 15 is 0 Å². The van der Waals surface area contributed by atoms with E-state index in [9.17, 15) is 15.2 Å². The van der Waals surface area contributed by atoms with Gasteiger partial charge in [-0.25, -0.2) is 0 Å². The highest BCUT2D eigenvalue weighted by Gasteiger charge is 2.45. The molecule has 2 heterocycles. The van der Waals surface area contributed by atoms with Gasteiger partial charge >= 0.3 is 5.82 Å². The summed E-state index contributed by atoms with van der Waals surface area (Å²) >= 11 is 2.12. The standard InChI is InChI=1S/C11H17IN4O4/c1-7(17)11(12,9-6-20-4-3-13-9)15-5-10(16(18)19)14-8(15)2/h5,7,9,13,17H,3-4,6H2,1-2H3. The molecule has 1 aliphatic rings. The van der Waals surface area contributed by atoms with Crippen molar-refractivity contribution in [1.82, 2.24) is 14.9 Å². The van der Waals surface area contributed by atoms with Crippen LogP contribution in [0.5, 0.6) is 0 Å². The highest BCUT2D eigenvalue weighted by Crippen LogP contribution is 2.36. The number of aromatic nitrogens is 2. The number of morpholine rings is 1. The molecule has 112 valence electrons. The SMILES string of the molecule is Cc1nc([N+](=O)[O-])cn1C(I)(C(C)O)C1COCCN1. The highest BCUT2D eigenvalue weighted by atomic mass is 127. The number of nitro groups is 1. The first kappa shape index (κ1) is 15.6. The van der Waals surface area contributed by atoms with E-state index in [0.29, 0.717) is 25.6 Å². The summed E-state index contributed by atoms with van der Waals surface area (Å²) < 4.78 is 6.30. The zero-order chi connectivity index (χ0) is 14.9. The number of nitrogens with one attached hydrogen (secondary N) is 1. The maximum absolute atomic E-state index is 10.9. The number of hydrogen-bond donors (Lipinski definition) is 2. The first-order valence-electron chi connectivity index (χ1n) is 6.26. The van der Waals surface area contributed by atoms with E-state index in [2.05, 4.69) is 32.9 Å². The van der Waals surface area contributed by atoms with Gasteiger partial charge in [0.2, 0.25) is 5.82 Å². The van der Waals surface area contributed by atoms with Crippen LogP contribution in [-0.2, 0) is 8.28 Å². The van der Waals surface area contributed by atoms with Crippen LogP contribution < -0.4 is 5.32 Å². The Labute approximate surface area is 129 Å². The van der Waals surface area contributed by atoms with Crippen LogP contribution in [0.1, 0.15) is 12.7 Å². The number of aliphatic hydroxyl groups excluding tert-OH is 1. The molecule has 20 heavy (non-hydrogen) atoms. The molecule has 2 rings (SSSR count). The molecule has 1 aromatic rings. The van der Waals surface area contributed by atoms with Gasteiger partial charge in [-0.1, -0.05) is 0 Å². The highest BCUT2D eigenvalue weighted by molar-refractivity contribution is 14.1. The monoisotopic (exact) mass is 396 g/mol. The maximum atomic E-state index is 10.9. The van der Waals surface area contributed by atoms with Crippen molar-refractivity contribution in [3.05, 3.63) is 22.1 Å². The number of nitrogens with zero attached hydrogens (tertiary/aromatic N) is 3. The van der Waals surface area contributed by atoms with Gasteiger partial charge in [-0.05, 0) is 39.4 Å². The Morgan fingerprint density at radius 2 is 2.50 bits per heavy atom. The van der Waals surface area contributed by atoms with Crippen LogP contribution in [0.3, 0.4) is 0 Å². The van der Waals surface area contributed by atoms with Crippen LogP contribution in [-0.4, -0.2) is 51.5 Å². The maximum Gasteiger partial charge on any atom is 0.381 e. The molecule has 1 aromatic heterocycles. The van der Waals surface area contributed by atoms with Crippen LogP contribution in [0.4, 0.5) is 5.82 Å². The Balaban J connectivity index is 2.44. The molecule has 0 aliphatic carbocycles. The van der Waals surface area contributed by atoms with Crippen molar-refractivity contribution in [1.29, 1.82) is 0 Å². The Hall–Kier alpha value is -0.780. The molecular formula is C11H17IN4O4. The zero-order valence-corrected chi connectivity index (χ0v) is 13.4. The van der Waals surface area contributed by atoms with Crippen molar-refractivity contribution >= 4 is 28.4 Å². The number of alkyl halides is 1. The second-order valence-electron chi connectivity index (χ2n) is 4.76. The Bertz CT molecular complexity index is 501. The van der Waals surface area contributed by atoms with E-state index in [1.165, 1.54) is 6.20 Å². The minimum absolute atomic E-state index is 0.163. The predicted octanol–water partition coefficient (Wildman–Crippen LogP) is 0.557. The lowest BCUT2D eigenvalue weighted by Gasteiger charge is -2.41. The van der Waals surface area contributed by atoms with Gasteiger partial charge in [-0.3, -0.25) is 4.57 Å². The third kappa shape index (κ3) is 2.67. The number of hydrogen-bond acceptors (Lipinski definition) is 6. The summed E-state index contributed by atoms with van der Waals surface area (Å²) in [6, 6.07) is -0.163. The van der Waals surface area contributed by atoms with Crippen LogP contribution in [0.25, 0.3) is 0 Å².